The standard InChI is InChI=1S/C7H9NOSi/c1-10-7(9)6-4-2-3-5-8-6/h2-5H,10H2,1H3. The first-order valence-electron chi connectivity index (χ1n) is 3.29. The number of carbonyl (C=O) groups is 1. The number of carbonyl (C=O) groups excluding carboxylic acids is 1. The van der Waals surface area contributed by atoms with Crippen molar-refractivity contribution in [3.8, 4) is 0 Å². The molecule has 0 saturated carbocycles. The van der Waals surface area contributed by atoms with Gasteiger partial charge in [0.05, 0.1) is 5.69 Å². The fourth-order valence-corrected chi connectivity index (χ4v) is 1.28. The SMILES string of the molecule is C[SiH2]C(=O)c1ccccn1. The summed E-state index contributed by atoms with van der Waals surface area (Å²) in [6.45, 7) is 1.97. The van der Waals surface area contributed by atoms with Crippen molar-refractivity contribution in [2.75, 3.05) is 0 Å². The van der Waals surface area contributed by atoms with Gasteiger partial charge in [0.1, 0.15) is 9.52 Å². The highest BCUT2D eigenvalue weighted by atomic mass is 28.2. The minimum atomic E-state index is -0.561. The van der Waals surface area contributed by atoms with Gasteiger partial charge < -0.3 is 0 Å². The Kier molecular flexibility index (Phi) is 2.34. The van der Waals surface area contributed by atoms with Crippen molar-refractivity contribution < 1.29 is 4.79 Å². The van der Waals surface area contributed by atoms with Gasteiger partial charge in [-0.1, -0.05) is 12.6 Å². The summed E-state index contributed by atoms with van der Waals surface area (Å²) in [4.78, 5) is 14.9. The molecule has 0 bridgehead atoms. The quantitative estimate of drug-likeness (QED) is 0.574. The average molecular weight is 151 g/mol. The van der Waals surface area contributed by atoms with Crippen LogP contribution in [0.1, 0.15) is 10.5 Å². The molecular formula is C7H9NOSi. The predicted octanol–water partition coefficient (Wildman–Crippen LogP) is 0.439. The Hall–Kier alpha value is -0.963. The molecule has 1 aromatic rings. The number of hydrogen-bond donors (Lipinski definition) is 0. The number of nitrogens with zero attached hydrogens (tertiary/aromatic N) is 1. The third-order valence-electron chi connectivity index (χ3n) is 1.27. The van der Waals surface area contributed by atoms with Crippen LogP contribution in [-0.4, -0.2) is 19.9 Å². The summed E-state index contributed by atoms with van der Waals surface area (Å²) in [6.07, 6.45) is 1.65. The second-order valence-electron chi connectivity index (χ2n) is 1.99. The molecule has 1 rings (SSSR count). The summed E-state index contributed by atoms with van der Waals surface area (Å²) in [6, 6.07) is 5.41. The lowest BCUT2D eigenvalue weighted by Crippen LogP contribution is -2.06. The summed E-state index contributed by atoms with van der Waals surface area (Å²) in [5.41, 5.74) is 0.622. The number of aromatic nitrogens is 1. The minimum absolute atomic E-state index is 0.237. The molecule has 0 aromatic carbocycles. The molecule has 0 aliphatic carbocycles. The maximum absolute atomic E-state index is 11.0. The van der Waals surface area contributed by atoms with Gasteiger partial charge >= 0.3 is 0 Å². The van der Waals surface area contributed by atoms with Crippen molar-refractivity contribution in [3.05, 3.63) is 30.1 Å². The van der Waals surface area contributed by atoms with Gasteiger partial charge in [0.15, 0.2) is 5.41 Å². The molecular weight excluding hydrogens is 142 g/mol. The van der Waals surface area contributed by atoms with Crippen LogP contribution in [-0.2, 0) is 0 Å². The van der Waals surface area contributed by atoms with Crippen molar-refractivity contribution in [2.24, 2.45) is 0 Å². The Balaban J connectivity index is 2.85. The van der Waals surface area contributed by atoms with Crippen molar-refractivity contribution in [1.29, 1.82) is 0 Å². The normalized spacial score (nSPS) is 10.5. The maximum Gasteiger partial charge on any atom is 0.150 e. The molecule has 0 atom stereocenters. The highest BCUT2D eigenvalue weighted by Gasteiger charge is 2.00. The van der Waals surface area contributed by atoms with Gasteiger partial charge in [-0.05, 0) is 12.1 Å². The second kappa shape index (κ2) is 3.27. The molecule has 10 heavy (non-hydrogen) atoms. The lowest BCUT2D eigenvalue weighted by molar-refractivity contribution is 0.107. The molecule has 0 aliphatic heterocycles. The topological polar surface area (TPSA) is 30.0 Å². The zero-order valence-electron chi connectivity index (χ0n) is 5.87. The molecule has 1 heterocycles. The summed E-state index contributed by atoms with van der Waals surface area (Å²) in [5.74, 6) is 0. The van der Waals surface area contributed by atoms with Crippen LogP contribution in [0.25, 0.3) is 0 Å². The van der Waals surface area contributed by atoms with E-state index in [2.05, 4.69) is 4.98 Å². The fourth-order valence-electron chi connectivity index (χ4n) is 0.709. The fraction of sp³-hybridized carbons (Fsp3) is 0.143. The van der Waals surface area contributed by atoms with Gasteiger partial charge in [-0.2, -0.15) is 0 Å². The molecule has 0 fully saturated rings. The summed E-state index contributed by atoms with van der Waals surface area (Å²) in [7, 11) is -0.561. The van der Waals surface area contributed by atoms with Crippen LogP contribution in [0.5, 0.6) is 0 Å². The Labute approximate surface area is 62.1 Å². The third-order valence-corrected chi connectivity index (χ3v) is 2.28. The van der Waals surface area contributed by atoms with E-state index in [1.54, 1.807) is 12.3 Å². The van der Waals surface area contributed by atoms with Crippen LogP contribution in [0.4, 0.5) is 0 Å². The van der Waals surface area contributed by atoms with Crippen molar-refractivity contribution in [2.45, 2.75) is 6.55 Å². The monoisotopic (exact) mass is 151 g/mol. The van der Waals surface area contributed by atoms with E-state index in [1.165, 1.54) is 0 Å². The molecule has 0 N–H and O–H groups in total. The van der Waals surface area contributed by atoms with Crippen LogP contribution >= 0.6 is 0 Å². The lowest BCUT2D eigenvalue weighted by atomic mass is 10.4. The second-order valence-corrected chi connectivity index (χ2v) is 3.34. The van der Waals surface area contributed by atoms with Gasteiger partial charge in [-0.15, -0.1) is 0 Å². The van der Waals surface area contributed by atoms with E-state index < -0.39 is 9.52 Å². The predicted molar refractivity (Wildman–Crippen MR) is 43.0 cm³/mol. The molecule has 0 unspecified atom stereocenters. The maximum atomic E-state index is 11.0. The smallest absolute Gasteiger partial charge is 0.150 e. The van der Waals surface area contributed by atoms with E-state index in [1.807, 2.05) is 18.7 Å². The number of hydrogen-bond acceptors (Lipinski definition) is 2. The van der Waals surface area contributed by atoms with Gasteiger partial charge in [0.2, 0.25) is 0 Å². The van der Waals surface area contributed by atoms with Crippen molar-refractivity contribution >= 4 is 14.9 Å². The summed E-state index contributed by atoms with van der Waals surface area (Å²) < 4.78 is 0. The van der Waals surface area contributed by atoms with Crippen LogP contribution in [0.15, 0.2) is 24.4 Å². The van der Waals surface area contributed by atoms with E-state index in [0.29, 0.717) is 5.69 Å². The van der Waals surface area contributed by atoms with Crippen LogP contribution in [0.3, 0.4) is 0 Å². The summed E-state index contributed by atoms with van der Waals surface area (Å²) >= 11 is 0. The lowest BCUT2D eigenvalue weighted by Gasteiger charge is -1.92. The van der Waals surface area contributed by atoms with Crippen LogP contribution in [0, 0.1) is 0 Å². The third kappa shape index (κ3) is 1.51. The van der Waals surface area contributed by atoms with Gasteiger partial charge in [-0.3, -0.25) is 9.78 Å². The van der Waals surface area contributed by atoms with E-state index in [0.717, 1.165) is 0 Å². The largest absolute Gasteiger partial charge is 0.299 e. The first-order valence-corrected chi connectivity index (χ1v) is 5.41. The number of pyridine rings is 1. The zero-order chi connectivity index (χ0) is 7.40. The first-order chi connectivity index (χ1) is 4.84. The Morgan fingerprint density at radius 2 is 2.40 bits per heavy atom. The Morgan fingerprint density at radius 1 is 1.60 bits per heavy atom. The van der Waals surface area contributed by atoms with Crippen molar-refractivity contribution in [1.82, 2.24) is 4.98 Å². The molecule has 3 heteroatoms. The molecule has 1 aromatic heterocycles. The van der Waals surface area contributed by atoms with E-state index in [-0.39, 0.29) is 5.41 Å². The van der Waals surface area contributed by atoms with E-state index in [9.17, 15) is 4.79 Å². The van der Waals surface area contributed by atoms with Crippen LogP contribution < -0.4 is 0 Å². The highest BCUT2D eigenvalue weighted by Crippen LogP contribution is 1.92. The Bertz CT molecular complexity index is 222. The van der Waals surface area contributed by atoms with E-state index in [4.69, 9.17) is 0 Å². The van der Waals surface area contributed by atoms with Gasteiger partial charge in [0.25, 0.3) is 0 Å². The molecule has 0 saturated heterocycles. The molecule has 0 radical (unpaired) electrons. The van der Waals surface area contributed by atoms with Crippen molar-refractivity contribution in [3.63, 3.8) is 0 Å². The van der Waals surface area contributed by atoms with E-state index >= 15 is 0 Å². The average Bonchev–Trinajstić information content (AvgIpc) is 2.05. The first kappa shape index (κ1) is 7.15. The minimum Gasteiger partial charge on any atom is -0.299 e. The molecule has 0 aliphatic rings. The molecule has 0 spiro atoms. The highest BCUT2D eigenvalue weighted by molar-refractivity contribution is 6.76. The molecule has 52 valence electrons. The Morgan fingerprint density at radius 3 is 2.90 bits per heavy atom. The van der Waals surface area contributed by atoms with Crippen LogP contribution in [0.2, 0.25) is 6.55 Å². The molecule has 2 nitrogen and oxygen atoms in total. The number of rotatable bonds is 2. The zero-order valence-corrected chi connectivity index (χ0v) is 7.29. The van der Waals surface area contributed by atoms with Gasteiger partial charge in [0, 0.05) is 6.20 Å². The van der Waals surface area contributed by atoms with Gasteiger partial charge in [-0.25, -0.2) is 0 Å². The summed E-state index contributed by atoms with van der Waals surface area (Å²) in [5, 5.41) is 0.237. The molecule has 0 amide bonds.